The Balaban J connectivity index is 1.12. The molecule has 0 spiro atoms. The van der Waals surface area contributed by atoms with Crippen LogP contribution in [0.15, 0.2) is 133 Å². The molecule has 2 N–H and O–H groups in total. The highest BCUT2D eigenvalue weighted by atomic mass is 16.5. The van der Waals surface area contributed by atoms with E-state index in [0.29, 0.717) is 13.1 Å². The zero-order chi connectivity index (χ0) is 24.4. The summed E-state index contributed by atoms with van der Waals surface area (Å²) in [6.45, 7) is 1.43. The number of anilines is 2. The number of ether oxygens (including phenoxy) is 2. The van der Waals surface area contributed by atoms with Crippen molar-refractivity contribution < 1.29 is 9.47 Å². The van der Waals surface area contributed by atoms with E-state index in [1.807, 2.05) is 84.9 Å². The summed E-state index contributed by atoms with van der Waals surface area (Å²) in [5.74, 6) is 3.33. The summed E-state index contributed by atoms with van der Waals surface area (Å²) in [5.41, 5.74) is 4.44. The van der Waals surface area contributed by atoms with Crippen LogP contribution in [0.25, 0.3) is 0 Å². The SMILES string of the molecule is c1ccc(Oc2cccc(CNc3ccc(NCc4cccc(Oc5ccccc5)c4)cc3)c2)cc1. The van der Waals surface area contributed by atoms with Crippen LogP contribution in [-0.4, -0.2) is 0 Å². The van der Waals surface area contributed by atoms with Crippen molar-refractivity contribution in [3.8, 4) is 23.0 Å². The molecule has 4 heteroatoms. The third kappa shape index (κ3) is 6.67. The van der Waals surface area contributed by atoms with E-state index in [4.69, 9.17) is 9.47 Å². The van der Waals surface area contributed by atoms with E-state index in [-0.39, 0.29) is 0 Å². The van der Waals surface area contributed by atoms with Gasteiger partial charge in [-0.3, -0.25) is 0 Å². The summed E-state index contributed by atoms with van der Waals surface area (Å²) in [4.78, 5) is 0. The second-order valence-electron chi connectivity index (χ2n) is 8.41. The first kappa shape index (κ1) is 23.1. The summed E-state index contributed by atoms with van der Waals surface area (Å²) in [7, 11) is 0. The zero-order valence-corrected chi connectivity index (χ0v) is 19.9. The van der Waals surface area contributed by atoms with E-state index in [2.05, 4.69) is 59.2 Å². The molecule has 0 saturated carbocycles. The molecule has 0 heterocycles. The van der Waals surface area contributed by atoms with Crippen molar-refractivity contribution in [2.75, 3.05) is 10.6 Å². The van der Waals surface area contributed by atoms with Crippen LogP contribution >= 0.6 is 0 Å². The molecule has 4 nitrogen and oxygen atoms in total. The van der Waals surface area contributed by atoms with Crippen molar-refractivity contribution in [1.82, 2.24) is 0 Å². The Bertz CT molecular complexity index is 1260. The lowest BCUT2D eigenvalue weighted by atomic mass is 10.2. The smallest absolute Gasteiger partial charge is 0.127 e. The van der Waals surface area contributed by atoms with Crippen molar-refractivity contribution >= 4 is 11.4 Å². The maximum Gasteiger partial charge on any atom is 0.127 e. The van der Waals surface area contributed by atoms with Gasteiger partial charge in [0.25, 0.3) is 0 Å². The van der Waals surface area contributed by atoms with Crippen LogP contribution in [-0.2, 0) is 13.1 Å². The molecule has 0 fully saturated rings. The monoisotopic (exact) mass is 472 g/mol. The molecule has 0 aliphatic heterocycles. The van der Waals surface area contributed by atoms with Crippen LogP contribution in [0.1, 0.15) is 11.1 Å². The lowest BCUT2D eigenvalue weighted by Crippen LogP contribution is -2.01. The normalized spacial score (nSPS) is 10.4. The fraction of sp³-hybridized carbons (Fsp3) is 0.0625. The Morgan fingerprint density at radius 3 is 1.19 bits per heavy atom. The van der Waals surface area contributed by atoms with Gasteiger partial charge in [-0.15, -0.1) is 0 Å². The number of benzene rings is 5. The summed E-state index contributed by atoms with van der Waals surface area (Å²) in [6.07, 6.45) is 0. The van der Waals surface area contributed by atoms with Crippen molar-refractivity contribution in [2.24, 2.45) is 0 Å². The van der Waals surface area contributed by atoms with Crippen molar-refractivity contribution in [3.05, 3.63) is 145 Å². The summed E-state index contributed by atoms with van der Waals surface area (Å²) >= 11 is 0. The van der Waals surface area contributed by atoms with Crippen LogP contribution in [0.5, 0.6) is 23.0 Å². The molecule has 5 rings (SSSR count). The van der Waals surface area contributed by atoms with Gasteiger partial charge in [-0.25, -0.2) is 0 Å². The molecule has 5 aromatic rings. The Hall–Kier alpha value is -4.70. The maximum atomic E-state index is 5.94. The van der Waals surface area contributed by atoms with E-state index in [1.54, 1.807) is 0 Å². The van der Waals surface area contributed by atoms with Gasteiger partial charge in [0.05, 0.1) is 0 Å². The Morgan fingerprint density at radius 1 is 0.389 bits per heavy atom. The molecule has 0 radical (unpaired) electrons. The minimum Gasteiger partial charge on any atom is -0.457 e. The van der Waals surface area contributed by atoms with Gasteiger partial charge in [-0.05, 0) is 83.9 Å². The lowest BCUT2D eigenvalue weighted by Gasteiger charge is -2.11. The Morgan fingerprint density at radius 2 is 0.778 bits per heavy atom. The van der Waals surface area contributed by atoms with Gasteiger partial charge >= 0.3 is 0 Å². The second kappa shape index (κ2) is 11.6. The molecule has 36 heavy (non-hydrogen) atoms. The predicted molar refractivity (Wildman–Crippen MR) is 147 cm³/mol. The first-order valence-electron chi connectivity index (χ1n) is 12.0. The van der Waals surface area contributed by atoms with Gasteiger partial charge in [0.2, 0.25) is 0 Å². The van der Waals surface area contributed by atoms with Gasteiger partial charge in [0.1, 0.15) is 23.0 Å². The third-order valence-electron chi connectivity index (χ3n) is 5.63. The van der Waals surface area contributed by atoms with Crippen LogP contribution in [0, 0.1) is 0 Å². The standard InChI is InChI=1S/C32H28N2O2/c1-3-11-29(12-4-1)35-31-15-7-9-25(21-31)23-33-27-17-19-28(20-18-27)34-24-26-10-8-16-32(22-26)36-30-13-5-2-6-14-30/h1-22,33-34H,23-24H2. The molecule has 0 saturated heterocycles. The Kier molecular flexibility index (Phi) is 7.45. The average molecular weight is 473 g/mol. The molecule has 0 amide bonds. The first-order chi connectivity index (χ1) is 17.8. The van der Waals surface area contributed by atoms with Gasteiger partial charge in [-0.2, -0.15) is 0 Å². The molecule has 0 unspecified atom stereocenters. The quantitative estimate of drug-likeness (QED) is 0.214. The lowest BCUT2D eigenvalue weighted by molar-refractivity contribution is 0.482. The minimum atomic E-state index is 0.715. The highest BCUT2D eigenvalue weighted by Gasteiger charge is 2.02. The third-order valence-corrected chi connectivity index (χ3v) is 5.63. The summed E-state index contributed by atoms with van der Waals surface area (Å²) in [6, 6.07) is 44.3. The van der Waals surface area contributed by atoms with Gasteiger partial charge < -0.3 is 20.1 Å². The molecule has 0 bridgehead atoms. The molecule has 178 valence electrons. The van der Waals surface area contributed by atoms with Crippen molar-refractivity contribution in [1.29, 1.82) is 0 Å². The number of hydrogen-bond acceptors (Lipinski definition) is 4. The number of nitrogens with one attached hydrogen (secondary N) is 2. The van der Waals surface area contributed by atoms with E-state index in [9.17, 15) is 0 Å². The summed E-state index contributed by atoms with van der Waals surface area (Å²) < 4.78 is 11.9. The fourth-order valence-corrected chi connectivity index (χ4v) is 3.80. The maximum absolute atomic E-state index is 5.94. The van der Waals surface area contributed by atoms with E-state index >= 15 is 0 Å². The molecule has 0 aliphatic rings. The largest absolute Gasteiger partial charge is 0.457 e. The molecule has 0 aromatic heterocycles. The van der Waals surface area contributed by atoms with Gasteiger partial charge in [-0.1, -0.05) is 60.7 Å². The van der Waals surface area contributed by atoms with E-state index in [0.717, 1.165) is 45.5 Å². The molecular weight excluding hydrogens is 444 g/mol. The van der Waals surface area contributed by atoms with Crippen LogP contribution in [0.3, 0.4) is 0 Å². The second-order valence-corrected chi connectivity index (χ2v) is 8.41. The summed E-state index contributed by atoms with van der Waals surface area (Å²) in [5, 5.41) is 6.97. The fourth-order valence-electron chi connectivity index (χ4n) is 3.80. The highest BCUT2D eigenvalue weighted by molar-refractivity contribution is 5.54. The first-order valence-corrected chi connectivity index (χ1v) is 12.0. The van der Waals surface area contributed by atoms with Crippen molar-refractivity contribution in [3.63, 3.8) is 0 Å². The van der Waals surface area contributed by atoms with Gasteiger partial charge in [0, 0.05) is 24.5 Å². The van der Waals surface area contributed by atoms with Gasteiger partial charge in [0.15, 0.2) is 0 Å². The van der Waals surface area contributed by atoms with Crippen LogP contribution in [0.4, 0.5) is 11.4 Å². The number of para-hydroxylation sites is 2. The Labute approximate surface area is 212 Å². The zero-order valence-electron chi connectivity index (χ0n) is 19.9. The van der Waals surface area contributed by atoms with Crippen LogP contribution < -0.4 is 20.1 Å². The topological polar surface area (TPSA) is 42.5 Å². The number of hydrogen-bond donors (Lipinski definition) is 2. The minimum absolute atomic E-state index is 0.715. The average Bonchev–Trinajstić information content (AvgIpc) is 2.93. The molecular formula is C32H28N2O2. The van der Waals surface area contributed by atoms with E-state index < -0.39 is 0 Å². The van der Waals surface area contributed by atoms with Crippen molar-refractivity contribution in [2.45, 2.75) is 13.1 Å². The van der Waals surface area contributed by atoms with E-state index in [1.165, 1.54) is 0 Å². The molecule has 5 aromatic carbocycles. The predicted octanol–water partition coefficient (Wildman–Crippen LogP) is 8.50. The number of rotatable bonds is 10. The van der Waals surface area contributed by atoms with Crippen LogP contribution in [0.2, 0.25) is 0 Å². The highest BCUT2D eigenvalue weighted by Crippen LogP contribution is 2.24. The molecule has 0 aliphatic carbocycles. The molecule has 0 atom stereocenters.